The number of benzene rings is 1. The number of nitrogens with zero attached hydrogens (tertiary/aromatic N) is 2. The highest BCUT2D eigenvalue weighted by Crippen LogP contribution is 2.42. The van der Waals surface area contributed by atoms with E-state index in [1.165, 1.54) is 28.9 Å². The first-order valence-corrected chi connectivity index (χ1v) is 7.54. The first-order valence-electron chi connectivity index (χ1n) is 7.54. The molecule has 0 radical (unpaired) electrons. The molecule has 1 heterocycles. The van der Waals surface area contributed by atoms with Crippen molar-refractivity contribution in [1.29, 1.82) is 0 Å². The van der Waals surface area contributed by atoms with Gasteiger partial charge in [-0.15, -0.1) is 0 Å². The number of hydrogen-bond acceptors (Lipinski definition) is 2. The zero-order valence-electron chi connectivity index (χ0n) is 12.6. The summed E-state index contributed by atoms with van der Waals surface area (Å²) in [6.45, 7) is 0.161. The molecule has 1 aliphatic carbocycles. The molecule has 3 rings (SSSR count). The molecule has 0 atom stereocenters. The molecule has 24 heavy (non-hydrogen) atoms. The van der Waals surface area contributed by atoms with Crippen LogP contribution in [0.2, 0.25) is 0 Å². The molecule has 1 N–H and O–H groups in total. The van der Waals surface area contributed by atoms with Crippen LogP contribution in [0.15, 0.2) is 30.3 Å². The van der Waals surface area contributed by atoms with Gasteiger partial charge in [-0.05, 0) is 31.0 Å². The van der Waals surface area contributed by atoms with Crippen molar-refractivity contribution in [2.75, 3.05) is 6.54 Å². The highest BCUT2D eigenvalue weighted by molar-refractivity contribution is 5.94. The summed E-state index contributed by atoms with van der Waals surface area (Å²) in [7, 11) is 0. The fourth-order valence-electron chi connectivity index (χ4n) is 2.47. The van der Waals surface area contributed by atoms with Crippen LogP contribution in [-0.2, 0) is 12.7 Å². The van der Waals surface area contributed by atoms with Crippen LogP contribution >= 0.6 is 0 Å². The number of nitrogens with one attached hydrogen (secondary N) is 1. The van der Waals surface area contributed by atoms with E-state index in [0.29, 0.717) is 5.69 Å². The Labute approximate surface area is 135 Å². The van der Waals surface area contributed by atoms with Gasteiger partial charge in [-0.3, -0.25) is 9.48 Å². The average molecular weight is 341 g/mol. The monoisotopic (exact) mass is 341 g/mol. The molecular formula is C16H15F4N3O. The third-order valence-corrected chi connectivity index (χ3v) is 3.82. The third kappa shape index (κ3) is 3.58. The molecule has 1 aliphatic rings. The molecule has 0 aliphatic heterocycles. The largest absolute Gasteiger partial charge is 0.435 e. The van der Waals surface area contributed by atoms with Crippen LogP contribution in [0, 0.1) is 5.82 Å². The summed E-state index contributed by atoms with van der Waals surface area (Å²) in [4.78, 5) is 11.9. The van der Waals surface area contributed by atoms with Gasteiger partial charge >= 0.3 is 6.18 Å². The van der Waals surface area contributed by atoms with E-state index in [4.69, 9.17) is 0 Å². The Morgan fingerprint density at radius 3 is 2.62 bits per heavy atom. The second-order valence-corrected chi connectivity index (χ2v) is 5.69. The molecule has 2 aromatic rings. The lowest BCUT2D eigenvalue weighted by molar-refractivity contribution is -0.141. The fourth-order valence-corrected chi connectivity index (χ4v) is 2.47. The van der Waals surface area contributed by atoms with E-state index in [-0.39, 0.29) is 24.6 Å². The van der Waals surface area contributed by atoms with E-state index in [0.717, 1.165) is 18.9 Å². The zero-order chi connectivity index (χ0) is 17.3. The molecule has 8 heteroatoms. The Morgan fingerprint density at radius 2 is 2.00 bits per heavy atom. The van der Waals surface area contributed by atoms with Crippen LogP contribution in [0.4, 0.5) is 17.6 Å². The average Bonchev–Trinajstić information content (AvgIpc) is 3.26. The number of aromatic nitrogens is 2. The lowest BCUT2D eigenvalue weighted by Gasteiger charge is -2.09. The van der Waals surface area contributed by atoms with Gasteiger partial charge in [0.15, 0.2) is 5.69 Å². The summed E-state index contributed by atoms with van der Waals surface area (Å²) >= 11 is 0. The van der Waals surface area contributed by atoms with Gasteiger partial charge in [0.1, 0.15) is 5.82 Å². The molecule has 0 unspecified atom stereocenters. The lowest BCUT2D eigenvalue weighted by Crippen LogP contribution is -2.28. The van der Waals surface area contributed by atoms with Crippen molar-refractivity contribution in [2.24, 2.45) is 0 Å². The normalized spacial score (nSPS) is 14.7. The van der Waals surface area contributed by atoms with Crippen LogP contribution < -0.4 is 5.32 Å². The standard InChI is InChI=1S/C16H15F4N3O/c17-12-4-2-1-3-11(12)15(24)21-7-8-23-13(10-5-6-10)9-14(22-23)16(18,19)20/h1-4,9-10H,5-8H2,(H,21,24). The van der Waals surface area contributed by atoms with Crippen molar-refractivity contribution in [3.63, 3.8) is 0 Å². The molecular weight excluding hydrogens is 326 g/mol. The van der Waals surface area contributed by atoms with E-state index in [2.05, 4.69) is 10.4 Å². The molecule has 0 spiro atoms. The molecule has 1 amide bonds. The van der Waals surface area contributed by atoms with Gasteiger partial charge < -0.3 is 5.32 Å². The number of rotatable bonds is 5. The van der Waals surface area contributed by atoms with Crippen LogP contribution in [0.1, 0.15) is 40.5 Å². The Hall–Kier alpha value is -2.38. The SMILES string of the molecule is O=C(NCCn1nc(C(F)(F)F)cc1C1CC1)c1ccccc1F. The first kappa shape index (κ1) is 16.5. The Bertz CT molecular complexity index is 750. The smallest absolute Gasteiger partial charge is 0.350 e. The number of hydrogen-bond donors (Lipinski definition) is 1. The van der Waals surface area contributed by atoms with Crippen molar-refractivity contribution in [1.82, 2.24) is 15.1 Å². The summed E-state index contributed by atoms with van der Waals surface area (Å²) in [5.74, 6) is -1.16. The zero-order valence-corrected chi connectivity index (χ0v) is 12.6. The number of alkyl halides is 3. The predicted molar refractivity (Wildman–Crippen MR) is 77.9 cm³/mol. The van der Waals surface area contributed by atoms with Crippen molar-refractivity contribution < 1.29 is 22.4 Å². The maximum Gasteiger partial charge on any atom is 0.435 e. The highest BCUT2D eigenvalue weighted by atomic mass is 19.4. The summed E-state index contributed by atoms with van der Waals surface area (Å²) < 4.78 is 53.2. The summed E-state index contributed by atoms with van der Waals surface area (Å²) in [5.41, 5.74) is -0.497. The van der Waals surface area contributed by atoms with Gasteiger partial charge in [-0.1, -0.05) is 12.1 Å². The van der Waals surface area contributed by atoms with Crippen molar-refractivity contribution in [3.05, 3.63) is 53.1 Å². The van der Waals surface area contributed by atoms with E-state index in [1.807, 2.05) is 0 Å². The highest BCUT2D eigenvalue weighted by Gasteiger charge is 2.37. The first-order chi connectivity index (χ1) is 11.4. The lowest BCUT2D eigenvalue weighted by atomic mass is 10.2. The van der Waals surface area contributed by atoms with Crippen LogP contribution in [-0.4, -0.2) is 22.2 Å². The molecule has 1 saturated carbocycles. The second kappa shape index (κ2) is 6.26. The summed E-state index contributed by atoms with van der Waals surface area (Å²) in [5, 5.41) is 6.10. The predicted octanol–water partition coefficient (Wildman–Crippen LogP) is 3.35. The summed E-state index contributed by atoms with van der Waals surface area (Å²) in [6.07, 6.45) is -2.82. The molecule has 4 nitrogen and oxygen atoms in total. The number of carbonyl (C=O) groups is 1. The van der Waals surface area contributed by atoms with Crippen LogP contribution in [0.25, 0.3) is 0 Å². The van der Waals surface area contributed by atoms with E-state index < -0.39 is 23.6 Å². The Morgan fingerprint density at radius 1 is 1.29 bits per heavy atom. The van der Waals surface area contributed by atoms with Crippen molar-refractivity contribution in [2.45, 2.75) is 31.5 Å². The minimum absolute atomic E-state index is 0.0614. The molecule has 0 saturated heterocycles. The Balaban J connectivity index is 1.65. The topological polar surface area (TPSA) is 46.9 Å². The van der Waals surface area contributed by atoms with E-state index in [1.54, 1.807) is 0 Å². The summed E-state index contributed by atoms with van der Waals surface area (Å²) in [6, 6.07) is 6.58. The second-order valence-electron chi connectivity index (χ2n) is 5.69. The van der Waals surface area contributed by atoms with Crippen LogP contribution in [0.5, 0.6) is 0 Å². The number of halogens is 4. The fraction of sp³-hybridized carbons (Fsp3) is 0.375. The van der Waals surface area contributed by atoms with Crippen molar-refractivity contribution in [3.8, 4) is 0 Å². The minimum Gasteiger partial charge on any atom is -0.350 e. The minimum atomic E-state index is -4.49. The molecule has 0 bridgehead atoms. The molecule has 1 aromatic heterocycles. The maximum atomic E-state index is 13.5. The van der Waals surface area contributed by atoms with E-state index >= 15 is 0 Å². The third-order valence-electron chi connectivity index (χ3n) is 3.82. The Kier molecular flexibility index (Phi) is 4.29. The van der Waals surface area contributed by atoms with Gasteiger partial charge in [-0.2, -0.15) is 18.3 Å². The van der Waals surface area contributed by atoms with Gasteiger partial charge in [0.05, 0.1) is 12.1 Å². The van der Waals surface area contributed by atoms with Gasteiger partial charge in [0.2, 0.25) is 0 Å². The number of amides is 1. The van der Waals surface area contributed by atoms with Gasteiger partial charge in [-0.25, -0.2) is 4.39 Å². The van der Waals surface area contributed by atoms with Gasteiger partial charge in [0, 0.05) is 18.2 Å². The quantitative estimate of drug-likeness (QED) is 0.848. The molecule has 1 aromatic carbocycles. The van der Waals surface area contributed by atoms with E-state index in [9.17, 15) is 22.4 Å². The van der Waals surface area contributed by atoms with Crippen molar-refractivity contribution >= 4 is 5.91 Å². The number of carbonyl (C=O) groups excluding carboxylic acids is 1. The molecule has 128 valence electrons. The molecule has 1 fully saturated rings. The van der Waals surface area contributed by atoms with Crippen LogP contribution in [0.3, 0.4) is 0 Å². The van der Waals surface area contributed by atoms with Gasteiger partial charge in [0.25, 0.3) is 5.91 Å². The maximum absolute atomic E-state index is 13.5.